The zero-order chi connectivity index (χ0) is 21.7. The molecule has 0 saturated heterocycles. The number of halogens is 2. The van der Waals surface area contributed by atoms with E-state index in [9.17, 15) is 13.6 Å². The van der Waals surface area contributed by atoms with Crippen LogP contribution in [0.25, 0.3) is 11.1 Å². The third-order valence-electron chi connectivity index (χ3n) is 5.46. The van der Waals surface area contributed by atoms with E-state index in [0.717, 1.165) is 50.1 Å². The van der Waals surface area contributed by atoms with Crippen LogP contribution in [0.4, 0.5) is 8.78 Å². The Kier molecular flexibility index (Phi) is 7.26. The lowest BCUT2D eigenvalue weighted by Gasteiger charge is -2.20. The van der Waals surface area contributed by atoms with Crippen LogP contribution < -0.4 is 5.32 Å². The number of carbonyl (C=O) groups is 1. The molecule has 0 bridgehead atoms. The second-order valence-corrected chi connectivity index (χ2v) is 7.58. The summed E-state index contributed by atoms with van der Waals surface area (Å²) in [5.74, 6) is -2.01. The summed E-state index contributed by atoms with van der Waals surface area (Å²) in [6.45, 7) is 9.57. The maximum absolute atomic E-state index is 13.6. The van der Waals surface area contributed by atoms with Crippen LogP contribution in [0.3, 0.4) is 0 Å². The number of benzene rings is 1. The molecule has 1 atom stereocenters. The van der Waals surface area contributed by atoms with E-state index in [1.807, 2.05) is 6.92 Å². The van der Waals surface area contributed by atoms with Crippen molar-refractivity contribution in [1.29, 1.82) is 0 Å². The van der Waals surface area contributed by atoms with Crippen LogP contribution in [0.2, 0.25) is 0 Å². The molecule has 0 radical (unpaired) electrons. The van der Waals surface area contributed by atoms with Gasteiger partial charge in [0.15, 0.2) is 17.2 Å². The van der Waals surface area contributed by atoms with Crippen LogP contribution in [-0.2, 0) is 6.54 Å². The van der Waals surface area contributed by atoms with Crippen molar-refractivity contribution in [3.8, 4) is 0 Å². The smallest absolute Gasteiger partial charge is 0.268 e. The molecule has 30 heavy (non-hydrogen) atoms. The molecule has 0 spiro atoms. The molecule has 1 N–H and O–H groups in total. The second kappa shape index (κ2) is 9.89. The molecule has 3 aromatic rings. The molecule has 0 fully saturated rings. The summed E-state index contributed by atoms with van der Waals surface area (Å²) >= 11 is 0. The number of nitrogens with zero attached hydrogens (tertiary/aromatic N) is 2. The van der Waals surface area contributed by atoms with Crippen LogP contribution in [0, 0.1) is 11.6 Å². The third-order valence-corrected chi connectivity index (χ3v) is 5.46. The number of nitrogens with one attached hydrogen (secondary N) is 1. The number of aromatic nitrogens is 1. The molecule has 3 rings (SSSR count). The number of amides is 1. The van der Waals surface area contributed by atoms with Gasteiger partial charge in [-0.2, -0.15) is 0 Å². The Labute approximate surface area is 175 Å². The van der Waals surface area contributed by atoms with Crippen molar-refractivity contribution >= 4 is 17.0 Å². The Bertz CT molecular complexity index is 992. The Morgan fingerprint density at radius 3 is 2.63 bits per heavy atom. The van der Waals surface area contributed by atoms with E-state index in [2.05, 4.69) is 24.1 Å². The molecule has 0 aliphatic heterocycles. The number of carbonyl (C=O) groups excluding carboxylic acids is 1. The summed E-state index contributed by atoms with van der Waals surface area (Å²) in [4.78, 5) is 15.3. The Morgan fingerprint density at radius 2 is 1.93 bits per heavy atom. The van der Waals surface area contributed by atoms with Crippen LogP contribution in [0.15, 0.2) is 41.0 Å². The van der Waals surface area contributed by atoms with E-state index in [0.29, 0.717) is 16.8 Å². The molecule has 162 valence electrons. The van der Waals surface area contributed by atoms with Gasteiger partial charge >= 0.3 is 0 Å². The molecule has 2 aromatic heterocycles. The van der Waals surface area contributed by atoms with Crippen molar-refractivity contribution in [2.24, 2.45) is 0 Å². The fraction of sp³-hybridized carbons (Fsp3) is 0.435. The SMILES string of the molecule is CCN(CC)CCCC(C)NC(=O)c1cc2occc2n1Cc1ccc(F)c(F)c1. The van der Waals surface area contributed by atoms with Crippen molar-refractivity contribution in [3.05, 3.63) is 59.5 Å². The first kappa shape index (κ1) is 22.0. The van der Waals surface area contributed by atoms with Gasteiger partial charge in [-0.3, -0.25) is 4.79 Å². The molecule has 0 saturated carbocycles. The van der Waals surface area contributed by atoms with E-state index < -0.39 is 11.6 Å². The van der Waals surface area contributed by atoms with Gasteiger partial charge in [-0.15, -0.1) is 0 Å². The summed E-state index contributed by atoms with van der Waals surface area (Å²) < 4.78 is 34.1. The van der Waals surface area contributed by atoms with Gasteiger partial charge in [-0.05, 0) is 57.1 Å². The van der Waals surface area contributed by atoms with Gasteiger partial charge in [-0.1, -0.05) is 19.9 Å². The molecule has 0 aliphatic rings. The number of hydrogen-bond acceptors (Lipinski definition) is 3. The summed E-state index contributed by atoms with van der Waals surface area (Å²) in [5.41, 5.74) is 2.31. The van der Waals surface area contributed by atoms with Gasteiger partial charge in [0.05, 0.1) is 11.8 Å². The lowest BCUT2D eigenvalue weighted by molar-refractivity contribution is 0.0928. The molecule has 1 amide bonds. The highest BCUT2D eigenvalue weighted by Gasteiger charge is 2.19. The highest BCUT2D eigenvalue weighted by atomic mass is 19.2. The number of furan rings is 1. The lowest BCUT2D eigenvalue weighted by atomic mass is 10.1. The van der Waals surface area contributed by atoms with Crippen LogP contribution in [0.1, 0.15) is 49.7 Å². The molecule has 1 unspecified atom stereocenters. The van der Waals surface area contributed by atoms with Gasteiger partial charge in [0, 0.05) is 24.7 Å². The van der Waals surface area contributed by atoms with Crippen molar-refractivity contribution in [2.75, 3.05) is 19.6 Å². The maximum Gasteiger partial charge on any atom is 0.268 e. The summed E-state index contributed by atoms with van der Waals surface area (Å²) in [6.07, 6.45) is 3.42. The van der Waals surface area contributed by atoms with Crippen LogP contribution >= 0.6 is 0 Å². The lowest BCUT2D eigenvalue weighted by Crippen LogP contribution is -2.35. The van der Waals surface area contributed by atoms with Gasteiger partial charge in [0.25, 0.3) is 5.91 Å². The zero-order valence-corrected chi connectivity index (χ0v) is 17.8. The fourth-order valence-corrected chi connectivity index (χ4v) is 3.69. The van der Waals surface area contributed by atoms with Crippen molar-refractivity contribution in [1.82, 2.24) is 14.8 Å². The predicted octanol–water partition coefficient (Wildman–Crippen LogP) is 4.80. The minimum Gasteiger partial charge on any atom is -0.463 e. The zero-order valence-electron chi connectivity index (χ0n) is 17.8. The van der Waals surface area contributed by atoms with Gasteiger partial charge in [-0.25, -0.2) is 8.78 Å². The van der Waals surface area contributed by atoms with Crippen molar-refractivity contribution in [3.63, 3.8) is 0 Å². The highest BCUT2D eigenvalue weighted by molar-refractivity contribution is 5.97. The quantitative estimate of drug-likeness (QED) is 0.515. The predicted molar refractivity (Wildman–Crippen MR) is 114 cm³/mol. The summed E-state index contributed by atoms with van der Waals surface area (Å²) in [7, 11) is 0. The molecule has 0 aliphatic carbocycles. The van der Waals surface area contributed by atoms with Crippen LogP contribution in [0.5, 0.6) is 0 Å². The molecular formula is C23H29F2N3O2. The topological polar surface area (TPSA) is 50.4 Å². The van der Waals surface area contributed by atoms with E-state index in [-0.39, 0.29) is 18.5 Å². The summed E-state index contributed by atoms with van der Waals surface area (Å²) in [6, 6.07) is 7.23. The van der Waals surface area contributed by atoms with Gasteiger partial charge < -0.3 is 19.2 Å². The van der Waals surface area contributed by atoms with E-state index in [1.165, 1.54) is 6.07 Å². The number of rotatable bonds is 10. The first-order chi connectivity index (χ1) is 14.4. The fourth-order valence-electron chi connectivity index (χ4n) is 3.69. The molecule has 5 nitrogen and oxygen atoms in total. The van der Waals surface area contributed by atoms with E-state index in [4.69, 9.17) is 4.42 Å². The highest BCUT2D eigenvalue weighted by Crippen LogP contribution is 2.23. The molecule has 7 heteroatoms. The average molecular weight is 418 g/mol. The summed E-state index contributed by atoms with van der Waals surface area (Å²) in [5, 5.41) is 3.05. The number of hydrogen-bond donors (Lipinski definition) is 1. The van der Waals surface area contributed by atoms with Crippen LogP contribution in [-0.4, -0.2) is 41.1 Å². The minimum absolute atomic E-state index is 0.0194. The molecule has 1 aromatic carbocycles. The normalized spacial score (nSPS) is 12.6. The molecule has 2 heterocycles. The first-order valence-electron chi connectivity index (χ1n) is 10.5. The standard InChI is InChI=1S/C23H29F2N3O2/c1-4-27(5-2)11-6-7-16(3)26-23(29)21-14-22-20(10-12-30-22)28(21)15-17-8-9-18(24)19(25)13-17/h8-10,12-14,16H,4-7,11,15H2,1-3H3,(H,26,29). The first-order valence-corrected chi connectivity index (χ1v) is 10.5. The monoisotopic (exact) mass is 417 g/mol. The maximum atomic E-state index is 13.6. The van der Waals surface area contributed by atoms with Crippen molar-refractivity contribution in [2.45, 2.75) is 46.2 Å². The number of fused-ring (bicyclic) bond motifs is 1. The van der Waals surface area contributed by atoms with Crippen molar-refractivity contribution < 1.29 is 18.0 Å². The minimum atomic E-state index is -0.907. The van der Waals surface area contributed by atoms with E-state index >= 15 is 0 Å². The van der Waals surface area contributed by atoms with Gasteiger partial charge in [0.2, 0.25) is 0 Å². The second-order valence-electron chi connectivity index (χ2n) is 7.58. The van der Waals surface area contributed by atoms with E-state index in [1.54, 1.807) is 23.0 Å². The Balaban J connectivity index is 1.72. The average Bonchev–Trinajstić information content (AvgIpc) is 3.31. The Morgan fingerprint density at radius 1 is 1.17 bits per heavy atom. The molecular weight excluding hydrogens is 388 g/mol. The Hall–Kier alpha value is -2.67. The van der Waals surface area contributed by atoms with Gasteiger partial charge in [0.1, 0.15) is 5.69 Å². The third kappa shape index (κ3) is 5.08. The largest absolute Gasteiger partial charge is 0.463 e.